The third-order valence-electron chi connectivity index (χ3n) is 5.06. The summed E-state index contributed by atoms with van der Waals surface area (Å²) in [5.74, 6) is 6.33. The maximum atomic E-state index is 6.41. The molecule has 22 heavy (non-hydrogen) atoms. The van der Waals surface area contributed by atoms with Gasteiger partial charge in [0.25, 0.3) is 0 Å². The molecular weight excluding hydrogens is 291 g/mol. The van der Waals surface area contributed by atoms with E-state index in [2.05, 4.69) is 45.6 Å². The van der Waals surface area contributed by atoms with Crippen LogP contribution in [0, 0.1) is 11.7 Å². The van der Waals surface area contributed by atoms with E-state index in [4.69, 9.17) is 13.7 Å². The van der Waals surface area contributed by atoms with Crippen LogP contribution in [0.25, 0.3) is 0 Å². The lowest BCUT2D eigenvalue weighted by atomic mass is 9.90. The van der Waals surface area contributed by atoms with Crippen LogP contribution in [0.5, 0.6) is 0 Å². The molecule has 0 radical (unpaired) electrons. The van der Waals surface area contributed by atoms with Crippen molar-refractivity contribution in [2.45, 2.75) is 97.2 Å². The molecule has 0 aromatic rings. The van der Waals surface area contributed by atoms with Crippen LogP contribution in [0.2, 0.25) is 18.1 Å². The fourth-order valence-electron chi connectivity index (χ4n) is 1.95. The summed E-state index contributed by atoms with van der Waals surface area (Å²) < 4.78 is 18.2. The third-order valence-corrected chi connectivity index (χ3v) is 9.69. The first kappa shape index (κ1) is 19.8. The number of hydrogen-bond acceptors (Lipinski definition) is 3. The molecule has 0 spiro atoms. The summed E-state index contributed by atoms with van der Waals surface area (Å²) in [6, 6.07) is 0. The Morgan fingerprint density at radius 1 is 0.909 bits per heavy atom. The Kier molecular flexibility index (Phi) is 5.09. The fourth-order valence-corrected chi connectivity index (χ4v) is 3.58. The largest absolute Gasteiger partial charge is 0.551 e. The van der Waals surface area contributed by atoms with Crippen molar-refractivity contribution < 1.29 is 13.7 Å². The molecule has 0 N–H and O–H groups in total. The molecule has 3 nitrogen and oxygen atoms in total. The van der Waals surface area contributed by atoms with Crippen molar-refractivity contribution in [3.8, 4) is 11.7 Å². The summed E-state index contributed by atoms with van der Waals surface area (Å²) in [6.45, 7) is 23.4. The Bertz CT molecular complexity index is 462. The zero-order chi connectivity index (χ0) is 17.6. The predicted molar refractivity (Wildman–Crippen MR) is 96.2 cm³/mol. The van der Waals surface area contributed by atoms with Crippen molar-refractivity contribution >= 4 is 15.4 Å². The first-order chi connectivity index (χ1) is 9.49. The molecule has 0 aromatic carbocycles. The summed E-state index contributed by atoms with van der Waals surface area (Å²) in [6.07, 6.45) is 0. The second kappa shape index (κ2) is 5.66. The molecule has 0 aromatic heterocycles. The van der Waals surface area contributed by atoms with E-state index in [0.29, 0.717) is 0 Å². The number of hydrogen-bond donors (Lipinski definition) is 0. The fraction of sp³-hybridized carbons (Fsp3) is 0.882. The molecule has 1 heterocycles. The van der Waals surface area contributed by atoms with Crippen LogP contribution in [0.3, 0.4) is 0 Å². The minimum absolute atomic E-state index is 0.163. The molecule has 0 atom stereocenters. The quantitative estimate of drug-likeness (QED) is 0.556. The van der Waals surface area contributed by atoms with Gasteiger partial charge in [-0.05, 0) is 59.7 Å². The van der Waals surface area contributed by atoms with Crippen LogP contribution in [0.15, 0.2) is 0 Å². The standard InChI is InChI=1S/C17H33BO3Si/c1-14(2,3)22(10,11)21-15(4,5)12-13-18-19-16(6,7)17(8,9)20-18/h1-11H3. The van der Waals surface area contributed by atoms with Crippen molar-refractivity contribution in [2.75, 3.05) is 0 Å². The predicted octanol–water partition coefficient (Wildman–Crippen LogP) is 4.42. The molecule has 1 saturated heterocycles. The van der Waals surface area contributed by atoms with E-state index in [-0.39, 0.29) is 16.2 Å². The topological polar surface area (TPSA) is 27.7 Å². The maximum absolute atomic E-state index is 6.41. The average molecular weight is 324 g/mol. The second-order valence-corrected chi connectivity index (χ2v) is 14.0. The minimum atomic E-state index is -1.86. The Balaban J connectivity index is 2.84. The SMILES string of the molecule is CC(C)(C#CB1OC(C)(C)C(C)(C)O1)O[Si](C)(C)C(C)(C)C. The monoisotopic (exact) mass is 324 g/mol. The van der Waals surface area contributed by atoms with Crippen LogP contribution in [-0.2, 0) is 13.7 Å². The van der Waals surface area contributed by atoms with Gasteiger partial charge in [-0.1, -0.05) is 32.5 Å². The van der Waals surface area contributed by atoms with E-state index in [1.54, 1.807) is 0 Å². The molecule has 0 aliphatic carbocycles. The molecule has 0 saturated carbocycles. The summed E-state index contributed by atoms with van der Waals surface area (Å²) >= 11 is 0. The van der Waals surface area contributed by atoms with Gasteiger partial charge in [-0.15, -0.1) is 0 Å². The smallest absolute Gasteiger partial charge is 0.401 e. The van der Waals surface area contributed by atoms with E-state index in [0.717, 1.165) is 0 Å². The van der Waals surface area contributed by atoms with Gasteiger partial charge in [-0.2, -0.15) is 0 Å². The van der Waals surface area contributed by atoms with Gasteiger partial charge in [0.1, 0.15) is 5.60 Å². The Labute approximate surface area is 138 Å². The molecule has 1 rings (SSSR count). The van der Waals surface area contributed by atoms with Crippen LogP contribution in [-0.4, -0.2) is 32.2 Å². The van der Waals surface area contributed by atoms with Crippen molar-refractivity contribution in [1.82, 2.24) is 0 Å². The minimum Gasteiger partial charge on any atom is -0.401 e. The lowest BCUT2D eigenvalue weighted by Crippen LogP contribution is -2.47. The van der Waals surface area contributed by atoms with E-state index in [1.807, 2.05) is 41.5 Å². The molecule has 0 unspecified atom stereocenters. The van der Waals surface area contributed by atoms with E-state index >= 15 is 0 Å². The first-order valence-electron chi connectivity index (χ1n) is 8.08. The molecule has 1 aliphatic rings. The van der Waals surface area contributed by atoms with Gasteiger partial charge >= 0.3 is 7.12 Å². The molecule has 5 heteroatoms. The molecule has 1 aliphatic heterocycles. The third kappa shape index (κ3) is 4.38. The maximum Gasteiger partial charge on any atom is 0.551 e. The summed E-state index contributed by atoms with van der Waals surface area (Å²) in [7, 11) is -2.35. The highest BCUT2D eigenvalue weighted by Crippen LogP contribution is 2.39. The molecule has 126 valence electrons. The highest BCUT2D eigenvalue weighted by molar-refractivity contribution is 6.74. The average Bonchev–Trinajstić information content (AvgIpc) is 2.42. The van der Waals surface area contributed by atoms with Crippen LogP contribution in [0.4, 0.5) is 0 Å². The summed E-state index contributed by atoms with van der Waals surface area (Å²) in [4.78, 5) is 0. The Morgan fingerprint density at radius 3 is 1.68 bits per heavy atom. The molecule has 0 bridgehead atoms. The highest BCUT2D eigenvalue weighted by atomic mass is 28.4. The summed E-state index contributed by atoms with van der Waals surface area (Å²) in [5.41, 5.74) is -1.21. The zero-order valence-corrected chi connectivity index (χ0v) is 17.3. The Morgan fingerprint density at radius 2 is 1.32 bits per heavy atom. The van der Waals surface area contributed by atoms with Gasteiger partial charge in [0, 0.05) is 0 Å². The van der Waals surface area contributed by atoms with Crippen LogP contribution >= 0.6 is 0 Å². The molecular formula is C17H33BO3Si. The van der Waals surface area contributed by atoms with Crippen LogP contribution in [0.1, 0.15) is 62.3 Å². The lowest BCUT2D eigenvalue weighted by molar-refractivity contribution is 0.00578. The van der Waals surface area contributed by atoms with Gasteiger partial charge in [0.2, 0.25) is 0 Å². The highest BCUT2D eigenvalue weighted by Gasteiger charge is 2.51. The van der Waals surface area contributed by atoms with Gasteiger partial charge < -0.3 is 13.7 Å². The van der Waals surface area contributed by atoms with Crippen molar-refractivity contribution in [3.63, 3.8) is 0 Å². The van der Waals surface area contributed by atoms with Gasteiger partial charge in [-0.3, -0.25) is 0 Å². The van der Waals surface area contributed by atoms with E-state index < -0.39 is 21.0 Å². The zero-order valence-electron chi connectivity index (χ0n) is 16.3. The van der Waals surface area contributed by atoms with Crippen LogP contribution < -0.4 is 0 Å². The summed E-state index contributed by atoms with van der Waals surface area (Å²) in [5, 5.41) is 0.163. The lowest BCUT2D eigenvalue weighted by Gasteiger charge is -2.40. The Hall–Kier alpha value is -0.278. The molecule has 1 fully saturated rings. The number of rotatable bonds is 2. The molecule has 0 amide bonds. The van der Waals surface area contributed by atoms with Crippen molar-refractivity contribution in [3.05, 3.63) is 0 Å². The van der Waals surface area contributed by atoms with Gasteiger partial charge in [-0.25, -0.2) is 0 Å². The van der Waals surface area contributed by atoms with E-state index in [1.165, 1.54) is 0 Å². The second-order valence-electron chi connectivity index (χ2n) is 9.23. The van der Waals surface area contributed by atoms with Crippen molar-refractivity contribution in [2.24, 2.45) is 0 Å². The van der Waals surface area contributed by atoms with Gasteiger partial charge in [0.05, 0.1) is 11.2 Å². The van der Waals surface area contributed by atoms with Crippen molar-refractivity contribution in [1.29, 1.82) is 0 Å². The van der Waals surface area contributed by atoms with Gasteiger partial charge in [0.15, 0.2) is 8.32 Å². The normalized spacial score (nSPS) is 21.5. The van der Waals surface area contributed by atoms with E-state index in [9.17, 15) is 0 Å². The first-order valence-corrected chi connectivity index (χ1v) is 11.0.